The quantitative estimate of drug-likeness (QED) is 0.883. The van der Waals surface area contributed by atoms with Crippen LogP contribution in [0.2, 0.25) is 0 Å². The number of rotatable bonds is 4. The zero-order valence-electron chi connectivity index (χ0n) is 11.4. The van der Waals surface area contributed by atoms with Crippen molar-refractivity contribution in [3.63, 3.8) is 0 Å². The van der Waals surface area contributed by atoms with E-state index in [2.05, 4.69) is 34.0 Å². The number of nitrogens with one attached hydrogen (secondary N) is 2. The Kier molecular flexibility index (Phi) is 3.25. The molecule has 1 aromatic carbocycles. The fourth-order valence-corrected chi connectivity index (χ4v) is 2.63. The van der Waals surface area contributed by atoms with Crippen LogP contribution in [0.25, 0.3) is 0 Å². The third-order valence-corrected chi connectivity index (χ3v) is 3.73. The lowest BCUT2D eigenvalue weighted by Crippen LogP contribution is -2.14. The number of aromatic nitrogens is 1. The van der Waals surface area contributed by atoms with Crippen molar-refractivity contribution >= 4 is 5.69 Å². The second-order valence-electron chi connectivity index (χ2n) is 5.03. The third kappa shape index (κ3) is 2.36. The molecular formula is C15H19N3O. The zero-order chi connectivity index (χ0) is 13.2. The molecule has 2 heterocycles. The average Bonchev–Trinajstić information content (AvgIpc) is 3.00. The van der Waals surface area contributed by atoms with Crippen molar-refractivity contribution in [2.24, 2.45) is 0 Å². The molecule has 0 spiro atoms. The first-order chi connectivity index (χ1) is 9.25. The number of fused-ring (bicyclic) bond motifs is 1. The summed E-state index contributed by atoms with van der Waals surface area (Å²) in [4.78, 5) is 0. The second kappa shape index (κ2) is 5.05. The molecule has 2 N–H and O–H groups in total. The van der Waals surface area contributed by atoms with E-state index in [1.807, 2.05) is 13.8 Å². The molecule has 0 aliphatic carbocycles. The van der Waals surface area contributed by atoms with Crippen LogP contribution in [0.5, 0.6) is 0 Å². The first-order valence-electron chi connectivity index (χ1n) is 6.73. The van der Waals surface area contributed by atoms with Gasteiger partial charge < -0.3 is 15.2 Å². The second-order valence-corrected chi connectivity index (χ2v) is 5.03. The Morgan fingerprint density at radius 3 is 3.00 bits per heavy atom. The molecule has 0 radical (unpaired) electrons. The molecule has 0 amide bonds. The monoisotopic (exact) mass is 257 g/mol. The van der Waals surface area contributed by atoms with Gasteiger partial charge >= 0.3 is 0 Å². The van der Waals surface area contributed by atoms with Gasteiger partial charge in [-0.3, -0.25) is 0 Å². The average molecular weight is 257 g/mol. The van der Waals surface area contributed by atoms with Crippen LogP contribution in [0.4, 0.5) is 5.69 Å². The van der Waals surface area contributed by atoms with E-state index >= 15 is 0 Å². The Labute approximate surface area is 113 Å². The lowest BCUT2D eigenvalue weighted by atomic mass is 10.1. The minimum Gasteiger partial charge on any atom is -0.384 e. The molecule has 4 nitrogen and oxygen atoms in total. The smallest absolute Gasteiger partial charge is 0.138 e. The summed E-state index contributed by atoms with van der Waals surface area (Å²) in [6, 6.07) is 6.52. The van der Waals surface area contributed by atoms with E-state index in [-0.39, 0.29) is 0 Å². The fraction of sp³-hybridized carbons (Fsp3) is 0.400. The third-order valence-electron chi connectivity index (χ3n) is 3.73. The number of anilines is 1. The molecule has 100 valence electrons. The zero-order valence-corrected chi connectivity index (χ0v) is 11.4. The molecule has 0 fully saturated rings. The van der Waals surface area contributed by atoms with Gasteiger partial charge in [0.25, 0.3) is 0 Å². The molecule has 19 heavy (non-hydrogen) atoms. The van der Waals surface area contributed by atoms with Crippen LogP contribution < -0.4 is 10.6 Å². The summed E-state index contributed by atoms with van der Waals surface area (Å²) in [5, 5.41) is 10.9. The van der Waals surface area contributed by atoms with Gasteiger partial charge in [0.05, 0.1) is 5.69 Å². The van der Waals surface area contributed by atoms with Crippen LogP contribution in [-0.2, 0) is 19.5 Å². The highest BCUT2D eigenvalue weighted by Crippen LogP contribution is 2.26. The minimum atomic E-state index is 0.796. The lowest BCUT2D eigenvalue weighted by Gasteiger charge is -2.10. The molecule has 0 saturated heterocycles. The van der Waals surface area contributed by atoms with Gasteiger partial charge in [0.15, 0.2) is 0 Å². The normalized spacial score (nSPS) is 13.4. The van der Waals surface area contributed by atoms with Gasteiger partial charge in [0.2, 0.25) is 0 Å². The van der Waals surface area contributed by atoms with E-state index < -0.39 is 0 Å². The maximum absolute atomic E-state index is 5.17. The number of hydrogen-bond donors (Lipinski definition) is 2. The van der Waals surface area contributed by atoms with Gasteiger partial charge in [-0.05, 0) is 31.4 Å². The van der Waals surface area contributed by atoms with E-state index in [1.165, 1.54) is 22.4 Å². The van der Waals surface area contributed by atoms with Crippen LogP contribution in [0.1, 0.15) is 28.1 Å². The lowest BCUT2D eigenvalue weighted by molar-refractivity contribution is 0.392. The molecule has 1 aliphatic rings. The number of benzene rings is 1. The summed E-state index contributed by atoms with van der Waals surface area (Å²) in [5.41, 5.74) is 6.22. The van der Waals surface area contributed by atoms with Crippen molar-refractivity contribution < 1.29 is 4.52 Å². The van der Waals surface area contributed by atoms with Crippen molar-refractivity contribution in [3.05, 3.63) is 46.3 Å². The molecule has 0 saturated carbocycles. The van der Waals surface area contributed by atoms with E-state index in [1.54, 1.807) is 0 Å². The molecule has 2 aromatic rings. The van der Waals surface area contributed by atoms with Gasteiger partial charge in [0, 0.05) is 30.9 Å². The van der Waals surface area contributed by atoms with Crippen LogP contribution in [0.15, 0.2) is 22.7 Å². The van der Waals surface area contributed by atoms with Crippen LogP contribution in [0, 0.1) is 13.8 Å². The van der Waals surface area contributed by atoms with Crippen molar-refractivity contribution in [3.8, 4) is 0 Å². The maximum atomic E-state index is 5.17. The Bertz CT molecular complexity index is 570. The number of aryl methyl sites for hydroxylation is 2. The van der Waals surface area contributed by atoms with E-state index in [0.717, 1.165) is 37.5 Å². The van der Waals surface area contributed by atoms with Gasteiger partial charge in [-0.15, -0.1) is 0 Å². The van der Waals surface area contributed by atoms with Crippen molar-refractivity contribution in [1.82, 2.24) is 10.5 Å². The number of hydrogen-bond acceptors (Lipinski definition) is 4. The minimum absolute atomic E-state index is 0.796. The predicted octanol–water partition coefficient (Wildman–Crippen LogP) is 2.55. The number of para-hydroxylation sites is 1. The van der Waals surface area contributed by atoms with Crippen LogP contribution in [0.3, 0.4) is 0 Å². The highest BCUT2D eigenvalue weighted by molar-refractivity contribution is 5.61. The largest absolute Gasteiger partial charge is 0.384 e. The first kappa shape index (κ1) is 12.2. The molecule has 1 aromatic heterocycles. The fourth-order valence-electron chi connectivity index (χ4n) is 2.63. The van der Waals surface area contributed by atoms with Crippen molar-refractivity contribution in [2.75, 3.05) is 11.9 Å². The van der Waals surface area contributed by atoms with E-state index in [4.69, 9.17) is 4.52 Å². The highest BCUT2D eigenvalue weighted by Gasteiger charge is 2.13. The summed E-state index contributed by atoms with van der Waals surface area (Å²) in [5.74, 6) is 0.904. The summed E-state index contributed by atoms with van der Waals surface area (Å²) in [7, 11) is 0. The van der Waals surface area contributed by atoms with Crippen LogP contribution >= 0.6 is 0 Å². The summed E-state index contributed by atoms with van der Waals surface area (Å²) < 4.78 is 5.17. The maximum Gasteiger partial charge on any atom is 0.138 e. The molecule has 0 unspecified atom stereocenters. The first-order valence-corrected chi connectivity index (χ1v) is 6.73. The SMILES string of the molecule is Cc1noc(C)c1CNCc1cccc2c1NCC2. The van der Waals surface area contributed by atoms with Crippen molar-refractivity contribution in [2.45, 2.75) is 33.4 Å². The standard InChI is InChI=1S/C15H19N3O/c1-10-14(11(2)19-18-10)9-16-8-13-5-3-4-12-6-7-17-15(12)13/h3-5,16-17H,6-9H2,1-2H3. The van der Waals surface area contributed by atoms with Crippen molar-refractivity contribution in [1.29, 1.82) is 0 Å². The number of nitrogens with zero attached hydrogens (tertiary/aromatic N) is 1. The van der Waals surface area contributed by atoms with Crippen LogP contribution in [-0.4, -0.2) is 11.7 Å². The molecule has 0 bridgehead atoms. The Balaban J connectivity index is 1.66. The van der Waals surface area contributed by atoms with Gasteiger partial charge in [0.1, 0.15) is 5.76 Å². The molecule has 4 heteroatoms. The summed E-state index contributed by atoms with van der Waals surface area (Å²) in [6.45, 7) is 6.65. The van der Waals surface area contributed by atoms with Gasteiger partial charge in [-0.1, -0.05) is 23.4 Å². The molecule has 3 rings (SSSR count). The molecule has 0 atom stereocenters. The highest BCUT2D eigenvalue weighted by atomic mass is 16.5. The van der Waals surface area contributed by atoms with E-state index in [9.17, 15) is 0 Å². The Morgan fingerprint density at radius 1 is 1.32 bits per heavy atom. The Hall–Kier alpha value is -1.81. The summed E-state index contributed by atoms with van der Waals surface area (Å²) >= 11 is 0. The van der Waals surface area contributed by atoms with Gasteiger partial charge in [-0.25, -0.2) is 0 Å². The van der Waals surface area contributed by atoms with E-state index in [0.29, 0.717) is 0 Å². The molecule has 1 aliphatic heterocycles. The Morgan fingerprint density at radius 2 is 2.21 bits per heavy atom. The topological polar surface area (TPSA) is 50.1 Å². The van der Waals surface area contributed by atoms with Gasteiger partial charge in [-0.2, -0.15) is 0 Å². The molecular weight excluding hydrogens is 238 g/mol. The predicted molar refractivity (Wildman–Crippen MR) is 75.2 cm³/mol. The summed E-state index contributed by atoms with van der Waals surface area (Å²) in [6.07, 6.45) is 1.13.